The second-order valence-electron chi connectivity index (χ2n) is 5.57. The number of likely N-dealkylation sites (tertiary alicyclic amines) is 2. The summed E-state index contributed by atoms with van der Waals surface area (Å²) in [6, 6.07) is 8.35. The highest BCUT2D eigenvalue weighted by Crippen LogP contribution is 2.31. The summed E-state index contributed by atoms with van der Waals surface area (Å²) >= 11 is 0. The molecule has 1 amide bonds. The Morgan fingerprint density at radius 2 is 2.09 bits per heavy atom. The zero-order valence-electron chi connectivity index (χ0n) is 12.2. The van der Waals surface area contributed by atoms with Crippen molar-refractivity contribution < 1.29 is 19.2 Å². The molecule has 2 atom stereocenters. The summed E-state index contributed by atoms with van der Waals surface area (Å²) in [6.07, 6.45) is 1.08. The number of hydrogen-bond acceptors (Lipinski definition) is 5. The summed E-state index contributed by atoms with van der Waals surface area (Å²) in [5.74, 6) is 0.00514. The summed E-state index contributed by atoms with van der Waals surface area (Å²) in [6.45, 7) is 1.52. The van der Waals surface area contributed by atoms with Gasteiger partial charge in [0.05, 0.1) is 5.39 Å². The fraction of sp³-hybridized carbons (Fsp3) is 0.400. The fourth-order valence-electron chi connectivity index (χ4n) is 3.29. The maximum atomic E-state index is 12.6. The zero-order valence-corrected chi connectivity index (χ0v) is 12.2. The van der Waals surface area contributed by atoms with Crippen LogP contribution < -0.4 is 0 Å². The van der Waals surface area contributed by atoms with Gasteiger partial charge >= 0.3 is 0 Å². The Morgan fingerprint density at radius 3 is 2.73 bits per heavy atom. The lowest BCUT2D eigenvalue weighted by Gasteiger charge is -2.31. The predicted octanol–water partition coefficient (Wildman–Crippen LogP) is 1.06. The van der Waals surface area contributed by atoms with Gasteiger partial charge < -0.3 is 14.5 Å². The number of para-hydroxylation sites is 1. The third kappa shape index (κ3) is 2.33. The van der Waals surface area contributed by atoms with Gasteiger partial charge in [-0.1, -0.05) is 17.3 Å². The van der Waals surface area contributed by atoms with E-state index >= 15 is 0 Å². The number of hydrogen-bond donors (Lipinski definition) is 1. The van der Waals surface area contributed by atoms with Gasteiger partial charge in [-0.15, -0.1) is 0 Å². The highest BCUT2D eigenvalue weighted by molar-refractivity contribution is 6.04. The third-order valence-electron chi connectivity index (χ3n) is 4.36. The Labute approximate surface area is 127 Å². The summed E-state index contributed by atoms with van der Waals surface area (Å²) < 4.78 is 5.22. The molecule has 7 nitrogen and oxygen atoms in total. The molecule has 0 unspecified atom stereocenters. The standard InChI is InChI=1S/C14H15N3O2.CH2O2/c1-16-7-10-6-9(16)8-17(10)14(18)13-11-4-2-3-5-12(11)19-15-13;2-1-3/h2-5,9-10H,6-8H2,1H3;1H,(H,2,3)/t9-,10-;/m0./s1. The minimum atomic E-state index is -0.250. The maximum absolute atomic E-state index is 12.6. The summed E-state index contributed by atoms with van der Waals surface area (Å²) in [4.78, 5) is 25.2. The van der Waals surface area contributed by atoms with Crippen LogP contribution in [0.3, 0.4) is 0 Å². The first-order valence-electron chi connectivity index (χ1n) is 7.09. The smallest absolute Gasteiger partial charge is 0.290 e. The molecule has 3 heterocycles. The number of nitrogens with zero attached hydrogens (tertiary/aromatic N) is 3. The van der Waals surface area contributed by atoms with Gasteiger partial charge in [-0.2, -0.15) is 0 Å². The number of benzene rings is 1. The summed E-state index contributed by atoms with van der Waals surface area (Å²) in [5.41, 5.74) is 1.12. The highest BCUT2D eigenvalue weighted by Gasteiger charge is 2.44. The van der Waals surface area contributed by atoms with E-state index in [4.69, 9.17) is 14.4 Å². The average Bonchev–Trinajstić information content (AvgIpc) is 3.20. The molecule has 2 aliphatic rings. The first-order valence-corrected chi connectivity index (χ1v) is 7.09. The molecule has 2 aliphatic heterocycles. The van der Waals surface area contributed by atoms with Crippen molar-refractivity contribution in [3.63, 3.8) is 0 Å². The zero-order chi connectivity index (χ0) is 15.7. The largest absolute Gasteiger partial charge is 0.483 e. The first-order chi connectivity index (χ1) is 10.7. The van der Waals surface area contributed by atoms with Crippen molar-refractivity contribution in [2.24, 2.45) is 0 Å². The van der Waals surface area contributed by atoms with E-state index in [1.54, 1.807) is 0 Å². The van der Waals surface area contributed by atoms with E-state index in [1.165, 1.54) is 0 Å². The number of rotatable bonds is 1. The van der Waals surface area contributed by atoms with Crippen molar-refractivity contribution in [2.75, 3.05) is 20.1 Å². The van der Waals surface area contributed by atoms with Crippen LogP contribution in [0, 0.1) is 0 Å². The molecular formula is C15H17N3O4. The van der Waals surface area contributed by atoms with Crippen LogP contribution in [0.25, 0.3) is 11.0 Å². The van der Waals surface area contributed by atoms with Crippen LogP contribution in [0.15, 0.2) is 28.8 Å². The van der Waals surface area contributed by atoms with Crippen LogP contribution in [0.2, 0.25) is 0 Å². The Kier molecular flexibility index (Phi) is 3.81. The molecular weight excluding hydrogens is 286 g/mol. The number of carbonyl (C=O) groups is 2. The number of aromatic nitrogens is 1. The highest BCUT2D eigenvalue weighted by atomic mass is 16.5. The van der Waals surface area contributed by atoms with Crippen LogP contribution >= 0.6 is 0 Å². The quantitative estimate of drug-likeness (QED) is 0.793. The minimum Gasteiger partial charge on any atom is -0.483 e. The second-order valence-corrected chi connectivity index (χ2v) is 5.57. The SMILES string of the molecule is CN1C[C@@H]2C[C@H]1CN2C(=O)c1noc2ccccc12.O=CO. The number of fused-ring (bicyclic) bond motifs is 3. The van der Waals surface area contributed by atoms with Crippen LogP contribution in [0.5, 0.6) is 0 Å². The summed E-state index contributed by atoms with van der Waals surface area (Å²) in [5, 5.41) is 11.7. The van der Waals surface area contributed by atoms with Gasteiger partial charge in [-0.25, -0.2) is 0 Å². The molecule has 2 bridgehead atoms. The number of piperazine rings is 1. The van der Waals surface area contributed by atoms with Gasteiger partial charge in [0.25, 0.3) is 12.4 Å². The number of carbonyl (C=O) groups excluding carboxylic acids is 1. The Morgan fingerprint density at radius 1 is 1.36 bits per heavy atom. The van der Waals surface area contributed by atoms with E-state index < -0.39 is 0 Å². The van der Waals surface area contributed by atoms with Gasteiger partial charge in [0.1, 0.15) is 0 Å². The molecule has 116 valence electrons. The second kappa shape index (κ2) is 5.76. The normalized spacial score (nSPS) is 23.4. The van der Waals surface area contributed by atoms with Crippen LogP contribution in [-0.4, -0.2) is 64.7 Å². The minimum absolute atomic E-state index is 0.00514. The molecule has 1 N–H and O–H groups in total. The summed E-state index contributed by atoms with van der Waals surface area (Å²) in [7, 11) is 2.12. The molecule has 2 fully saturated rings. The number of likely N-dealkylation sites (N-methyl/N-ethyl adjacent to an activating group) is 1. The van der Waals surface area contributed by atoms with Crippen LogP contribution in [0.4, 0.5) is 0 Å². The van der Waals surface area contributed by atoms with Crippen molar-refractivity contribution >= 4 is 23.3 Å². The molecule has 0 spiro atoms. The van der Waals surface area contributed by atoms with Gasteiger partial charge in [0.2, 0.25) is 0 Å². The van der Waals surface area contributed by atoms with E-state index in [0.717, 1.165) is 24.9 Å². The van der Waals surface area contributed by atoms with Crippen LogP contribution in [-0.2, 0) is 4.79 Å². The maximum Gasteiger partial charge on any atom is 0.290 e. The molecule has 0 saturated carbocycles. The molecule has 1 aromatic heterocycles. The van der Waals surface area contributed by atoms with Gasteiger partial charge in [0.15, 0.2) is 11.3 Å². The van der Waals surface area contributed by atoms with E-state index in [0.29, 0.717) is 23.4 Å². The lowest BCUT2D eigenvalue weighted by molar-refractivity contribution is -0.122. The van der Waals surface area contributed by atoms with E-state index in [2.05, 4.69) is 17.1 Å². The molecule has 0 radical (unpaired) electrons. The van der Waals surface area contributed by atoms with Gasteiger partial charge in [-0.05, 0) is 25.6 Å². The van der Waals surface area contributed by atoms with Crippen LogP contribution in [0.1, 0.15) is 16.9 Å². The molecule has 4 rings (SSSR count). The molecule has 7 heteroatoms. The van der Waals surface area contributed by atoms with Gasteiger partial charge in [-0.3, -0.25) is 14.5 Å². The van der Waals surface area contributed by atoms with Crippen molar-refractivity contribution in [2.45, 2.75) is 18.5 Å². The lowest BCUT2D eigenvalue weighted by atomic mass is 10.2. The number of carboxylic acid groups (broad SMARTS) is 1. The topological polar surface area (TPSA) is 86.9 Å². The monoisotopic (exact) mass is 303 g/mol. The Hall–Kier alpha value is -2.41. The number of amides is 1. The lowest BCUT2D eigenvalue weighted by Crippen LogP contribution is -2.47. The van der Waals surface area contributed by atoms with E-state index in [-0.39, 0.29) is 12.4 Å². The molecule has 22 heavy (non-hydrogen) atoms. The average molecular weight is 303 g/mol. The molecule has 0 aliphatic carbocycles. The van der Waals surface area contributed by atoms with E-state index in [9.17, 15) is 4.79 Å². The Balaban J connectivity index is 0.000000446. The van der Waals surface area contributed by atoms with Crippen molar-refractivity contribution in [1.29, 1.82) is 0 Å². The molecule has 1 aromatic carbocycles. The molecule has 2 aromatic rings. The van der Waals surface area contributed by atoms with Gasteiger partial charge in [0, 0.05) is 25.2 Å². The predicted molar refractivity (Wildman–Crippen MR) is 78.6 cm³/mol. The van der Waals surface area contributed by atoms with Crippen molar-refractivity contribution in [1.82, 2.24) is 15.0 Å². The first kappa shape index (κ1) is 14.5. The molecule has 2 saturated heterocycles. The van der Waals surface area contributed by atoms with E-state index in [1.807, 2.05) is 29.2 Å². The van der Waals surface area contributed by atoms with Crippen molar-refractivity contribution in [3.8, 4) is 0 Å². The fourth-order valence-corrected chi connectivity index (χ4v) is 3.29. The Bertz CT molecular complexity index is 697. The third-order valence-corrected chi connectivity index (χ3v) is 4.36. The van der Waals surface area contributed by atoms with Crippen molar-refractivity contribution in [3.05, 3.63) is 30.0 Å².